The molecule has 0 unspecified atom stereocenters. The zero-order chi connectivity index (χ0) is 9.14. The maximum Gasteiger partial charge on any atom is 0.307 e. The second-order valence-corrected chi connectivity index (χ2v) is 2.61. The molecule has 0 aliphatic carbocycles. The van der Waals surface area contributed by atoms with E-state index in [2.05, 4.69) is 0 Å². The number of carboxylic acid groups (broad SMARTS) is 1. The molecule has 64 valence electrons. The highest BCUT2D eigenvalue weighted by atomic mass is 19.1. The van der Waals surface area contributed by atoms with Gasteiger partial charge in [0, 0.05) is 5.56 Å². The van der Waals surface area contributed by atoms with Crippen molar-refractivity contribution in [1.29, 1.82) is 0 Å². The predicted octanol–water partition coefficient (Wildman–Crippen LogP) is 1.76. The zero-order valence-electron chi connectivity index (χ0n) is 6.67. The van der Waals surface area contributed by atoms with Gasteiger partial charge in [0.25, 0.3) is 0 Å². The average molecular weight is 168 g/mol. The van der Waals surface area contributed by atoms with Crippen LogP contribution in [-0.4, -0.2) is 11.1 Å². The highest BCUT2D eigenvalue weighted by Gasteiger charge is 2.08. The van der Waals surface area contributed by atoms with E-state index in [0.29, 0.717) is 5.56 Å². The summed E-state index contributed by atoms with van der Waals surface area (Å²) in [5.74, 6) is -1.46. The van der Waals surface area contributed by atoms with Gasteiger partial charge in [-0.1, -0.05) is 12.1 Å². The van der Waals surface area contributed by atoms with E-state index in [1.54, 1.807) is 19.1 Å². The Morgan fingerprint density at radius 1 is 1.58 bits per heavy atom. The van der Waals surface area contributed by atoms with E-state index in [4.69, 9.17) is 5.11 Å². The topological polar surface area (TPSA) is 37.3 Å². The SMILES string of the molecule is Cc1cccc(F)c1CC(=O)O. The van der Waals surface area contributed by atoms with Crippen molar-refractivity contribution in [3.63, 3.8) is 0 Å². The van der Waals surface area contributed by atoms with Crippen molar-refractivity contribution in [1.82, 2.24) is 0 Å². The van der Waals surface area contributed by atoms with E-state index in [1.807, 2.05) is 0 Å². The van der Waals surface area contributed by atoms with Gasteiger partial charge in [-0.3, -0.25) is 4.79 Å². The Kier molecular flexibility index (Phi) is 2.43. The van der Waals surface area contributed by atoms with E-state index in [9.17, 15) is 9.18 Å². The summed E-state index contributed by atoms with van der Waals surface area (Å²) in [7, 11) is 0. The Morgan fingerprint density at radius 3 is 2.75 bits per heavy atom. The molecule has 0 amide bonds. The molecule has 0 aliphatic heterocycles. The first-order chi connectivity index (χ1) is 5.61. The Hall–Kier alpha value is -1.38. The highest BCUT2D eigenvalue weighted by molar-refractivity contribution is 5.70. The standard InChI is InChI=1S/C9H9FO2/c1-6-3-2-4-8(10)7(6)5-9(11)12/h2-4H,5H2,1H3,(H,11,12). The van der Waals surface area contributed by atoms with Gasteiger partial charge < -0.3 is 5.11 Å². The van der Waals surface area contributed by atoms with Gasteiger partial charge in [-0.15, -0.1) is 0 Å². The molecule has 1 N–H and O–H groups in total. The van der Waals surface area contributed by atoms with Crippen molar-refractivity contribution in [3.05, 3.63) is 35.1 Å². The van der Waals surface area contributed by atoms with Gasteiger partial charge in [0.05, 0.1) is 6.42 Å². The minimum absolute atomic E-state index is 0.251. The molecule has 0 bridgehead atoms. The third-order valence-corrected chi connectivity index (χ3v) is 1.68. The van der Waals surface area contributed by atoms with Crippen LogP contribution in [0.15, 0.2) is 18.2 Å². The van der Waals surface area contributed by atoms with Gasteiger partial charge in [0.2, 0.25) is 0 Å². The van der Waals surface area contributed by atoms with Gasteiger partial charge in [-0.2, -0.15) is 0 Å². The molecule has 0 saturated carbocycles. The number of aliphatic carboxylic acids is 1. The van der Waals surface area contributed by atoms with E-state index in [0.717, 1.165) is 0 Å². The molecular weight excluding hydrogens is 159 g/mol. The molecule has 0 fully saturated rings. The van der Waals surface area contributed by atoms with E-state index in [-0.39, 0.29) is 12.0 Å². The van der Waals surface area contributed by atoms with E-state index < -0.39 is 11.8 Å². The molecule has 1 aromatic rings. The maximum absolute atomic E-state index is 12.9. The second kappa shape index (κ2) is 3.34. The first-order valence-electron chi connectivity index (χ1n) is 3.57. The van der Waals surface area contributed by atoms with Crippen LogP contribution in [0.5, 0.6) is 0 Å². The number of halogens is 1. The van der Waals surface area contributed by atoms with Gasteiger partial charge >= 0.3 is 5.97 Å². The number of carboxylic acids is 1. The van der Waals surface area contributed by atoms with Crippen molar-refractivity contribution in [2.75, 3.05) is 0 Å². The molecular formula is C9H9FO2. The molecule has 0 atom stereocenters. The smallest absolute Gasteiger partial charge is 0.307 e. The lowest BCUT2D eigenvalue weighted by atomic mass is 10.1. The number of rotatable bonds is 2. The van der Waals surface area contributed by atoms with Crippen molar-refractivity contribution in [2.45, 2.75) is 13.3 Å². The number of hydrogen-bond donors (Lipinski definition) is 1. The molecule has 1 aromatic carbocycles. The van der Waals surface area contributed by atoms with Crippen molar-refractivity contribution in [3.8, 4) is 0 Å². The summed E-state index contributed by atoms with van der Waals surface area (Å²) >= 11 is 0. The average Bonchev–Trinajstić information content (AvgIpc) is 1.97. The molecule has 0 heterocycles. The van der Waals surface area contributed by atoms with Gasteiger partial charge in [-0.25, -0.2) is 4.39 Å². The summed E-state index contributed by atoms with van der Waals surface area (Å²) in [5, 5.41) is 8.45. The lowest BCUT2D eigenvalue weighted by Crippen LogP contribution is -2.04. The third-order valence-electron chi connectivity index (χ3n) is 1.68. The fourth-order valence-electron chi connectivity index (χ4n) is 1.04. The second-order valence-electron chi connectivity index (χ2n) is 2.61. The summed E-state index contributed by atoms with van der Waals surface area (Å²) in [5.41, 5.74) is 0.947. The van der Waals surface area contributed by atoms with Crippen molar-refractivity contribution < 1.29 is 14.3 Å². The Balaban J connectivity index is 3.04. The number of hydrogen-bond acceptors (Lipinski definition) is 1. The monoisotopic (exact) mass is 168 g/mol. The van der Waals surface area contributed by atoms with Gasteiger partial charge in [0.15, 0.2) is 0 Å². The Morgan fingerprint density at radius 2 is 2.25 bits per heavy atom. The summed E-state index contributed by atoms with van der Waals surface area (Å²) in [6.07, 6.45) is -0.251. The van der Waals surface area contributed by atoms with Crippen molar-refractivity contribution >= 4 is 5.97 Å². The van der Waals surface area contributed by atoms with Gasteiger partial charge in [-0.05, 0) is 18.6 Å². The maximum atomic E-state index is 12.9. The molecule has 12 heavy (non-hydrogen) atoms. The van der Waals surface area contributed by atoms with Crippen molar-refractivity contribution in [2.24, 2.45) is 0 Å². The fraction of sp³-hybridized carbons (Fsp3) is 0.222. The lowest BCUT2D eigenvalue weighted by molar-refractivity contribution is -0.136. The van der Waals surface area contributed by atoms with Crippen LogP contribution in [0.3, 0.4) is 0 Å². The van der Waals surface area contributed by atoms with Crippen LogP contribution in [0.4, 0.5) is 4.39 Å². The Labute approximate surface area is 69.6 Å². The van der Waals surface area contributed by atoms with Crippen LogP contribution >= 0.6 is 0 Å². The van der Waals surface area contributed by atoms with Crippen LogP contribution in [-0.2, 0) is 11.2 Å². The molecule has 0 spiro atoms. The normalized spacial score (nSPS) is 9.83. The molecule has 2 nitrogen and oxygen atoms in total. The molecule has 3 heteroatoms. The Bertz CT molecular complexity index is 287. The number of carbonyl (C=O) groups is 1. The summed E-state index contributed by atoms with van der Waals surface area (Å²) < 4.78 is 12.9. The highest BCUT2D eigenvalue weighted by Crippen LogP contribution is 2.12. The van der Waals surface area contributed by atoms with Crippen LogP contribution < -0.4 is 0 Å². The van der Waals surface area contributed by atoms with Crippen LogP contribution in [0.1, 0.15) is 11.1 Å². The van der Waals surface area contributed by atoms with Crippen LogP contribution in [0.2, 0.25) is 0 Å². The summed E-state index contributed by atoms with van der Waals surface area (Å²) in [6.45, 7) is 1.70. The molecule has 0 radical (unpaired) electrons. The first-order valence-corrected chi connectivity index (χ1v) is 3.57. The summed E-state index contributed by atoms with van der Waals surface area (Å²) in [6, 6.07) is 4.53. The number of benzene rings is 1. The predicted molar refractivity (Wildman–Crippen MR) is 42.5 cm³/mol. The molecule has 0 aliphatic rings. The third kappa shape index (κ3) is 1.81. The molecule has 1 rings (SSSR count). The lowest BCUT2D eigenvalue weighted by Gasteiger charge is -2.02. The summed E-state index contributed by atoms with van der Waals surface area (Å²) in [4.78, 5) is 10.3. The van der Waals surface area contributed by atoms with Crippen LogP contribution in [0.25, 0.3) is 0 Å². The van der Waals surface area contributed by atoms with Gasteiger partial charge in [0.1, 0.15) is 5.82 Å². The fourth-order valence-corrected chi connectivity index (χ4v) is 1.04. The van der Waals surface area contributed by atoms with E-state index in [1.165, 1.54) is 6.07 Å². The minimum atomic E-state index is -1.01. The van der Waals surface area contributed by atoms with Crippen LogP contribution in [0, 0.1) is 12.7 Å². The van der Waals surface area contributed by atoms with E-state index >= 15 is 0 Å². The first kappa shape index (κ1) is 8.71. The minimum Gasteiger partial charge on any atom is -0.481 e. The molecule has 0 aromatic heterocycles. The largest absolute Gasteiger partial charge is 0.481 e. The number of aryl methyl sites for hydroxylation is 1. The molecule has 0 saturated heterocycles. The quantitative estimate of drug-likeness (QED) is 0.730. The zero-order valence-corrected chi connectivity index (χ0v) is 6.67.